The number of aliphatic hydroxyl groups is 1. The number of Topliss-reactive ketones (excluding diaryl/α,β-unsaturated/α-hetero) is 1. The number of aryl methyl sites for hydroxylation is 1. The molecule has 1 fully saturated rings. The largest absolute Gasteiger partial charge is 0.507 e. The monoisotopic (exact) mass is 612 g/mol. The van der Waals surface area contributed by atoms with Crippen LogP contribution in [0.2, 0.25) is 0 Å². The number of anilines is 1. The molecule has 8 nitrogen and oxygen atoms in total. The van der Waals surface area contributed by atoms with Crippen LogP contribution in [0.3, 0.4) is 0 Å². The van der Waals surface area contributed by atoms with Crippen LogP contribution < -0.4 is 19.1 Å². The van der Waals surface area contributed by atoms with Crippen LogP contribution >= 0.6 is 11.3 Å². The van der Waals surface area contributed by atoms with Crippen LogP contribution in [0.15, 0.2) is 60.2 Å². The molecule has 3 aromatic carbocycles. The van der Waals surface area contributed by atoms with Gasteiger partial charge in [-0.05, 0) is 86.3 Å². The van der Waals surface area contributed by atoms with E-state index in [1.807, 2.05) is 57.2 Å². The molecule has 1 aromatic heterocycles. The SMILES string of the molecule is CCCCCOc1ccc([C@@H]2/C(=C(\O)c3ccc4c(c3)C[C@H](C)O4)C(=O)C(=O)N2c2nc3ccc(C)cc3s2)cc1OCC. The van der Waals surface area contributed by atoms with Crippen LogP contribution in [0.4, 0.5) is 5.13 Å². The summed E-state index contributed by atoms with van der Waals surface area (Å²) in [4.78, 5) is 33.8. The van der Waals surface area contributed by atoms with Gasteiger partial charge in [0.25, 0.3) is 5.78 Å². The van der Waals surface area contributed by atoms with Crippen molar-refractivity contribution in [2.24, 2.45) is 0 Å². The van der Waals surface area contributed by atoms with Crippen molar-refractivity contribution in [1.29, 1.82) is 0 Å². The van der Waals surface area contributed by atoms with E-state index in [0.29, 0.717) is 47.4 Å². The highest BCUT2D eigenvalue weighted by atomic mass is 32.1. The van der Waals surface area contributed by atoms with Gasteiger partial charge in [-0.3, -0.25) is 14.5 Å². The third kappa shape index (κ3) is 5.52. The lowest BCUT2D eigenvalue weighted by molar-refractivity contribution is -0.132. The van der Waals surface area contributed by atoms with Gasteiger partial charge >= 0.3 is 5.91 Å². The predicted octanol–water partition coefficient (Wildman–Crippen LogP) is 7.52. The Labute approximate surface area is 260 Å². The minimum atomic E-state index is -0.937. The molecular formula is C35H36N2O6S. The van der Waals surface area contributed by atoms with E-state index >= 15 is 0 Å². The summed E-state index contributed by atoms with van der Waals surface area (Å²) in [5.74, 6) is 0.0939. The van der Waals surface area contributed by atoms with Gasteiger partial charge in [0.2, 0.25) is 0 Å². The Bertz CT molecular complexity index is 1780. The summed E-state index contributed by atoms with van der Waals surface area (Å²) in [7, 11) is 0. The molecule has 9 heteroatoms. The third-order valence-electron chi connectivity index (χ3n) is 7.94. The number of fused-ring (bicyclic) bond motifs is 2. The van der Waals surface area contributed by atoms with Crippen molar-refractivity contribution in [3.05, 3.63) is 82.4 Å². The van der Waals surface area contributed by atoms with Gasteiger partial charge < -0.3 is 19.3 Å². The topological polar surface area (TPSA) is 98.2 Å². The maximum absolute atomic E-state index is 13.8. The van der Waals surface area contributed by atoms with Gasteiger partial charge in [0, 0.05) is 12.0 Å². The Morgan fingerprint density at radius 3 is 2.68 bits per heavy atom. The third-order valence-corrected chi connectivity index (χ3v) is 8.96. The molecule has 44 heavy (non-hydrogen) atoms. The Kier molecular flexibility index (Phi) is 8.31. The van der Waals surface area contributed by atoms with E-state index in [1.54, 1.807) is 18.2 Å². The number of benzene rings is 3. The van der Waals surface area contributed by atoms with Gasteiger partial charge in [-0.15, -0.1) is 0 Å². The summed E-state index contributed by atoms with van der Waals surface area (Å²) in [5, 5.41) is 12.1. The number of ketones is 1. The van der Waals surface area contributed by atoms with Crippen molar-refractivity contribution in [2.75, 3.05) is 18.1 Å². The summed E-state index contributed by atoms with van der Waals surface area (Å²) in [6.07, 6.45) is 3.78. The second kappa shape index (κ2) is 12.3. The van der Waals surface area contributed by atoms with Crippen LogP contribution in [0.5, 0.6) is 17.2 Å². The van der Waals surface area contributed by atoms with Gasteiger partial charge in [0.05, 0.1) is 35.0 Å². The molecule has 1 N–H and O–H groups in total. The highest BCUT2D eigenvalue weighted by Gasteiger charge is 2.48. The number of thiazole rings is 1. The lowest BCUT2D eigenvalue weighted by Gasteiger charge is -2.24. The summed E-state index contributed by atoms with van der Waals surface area (Å²) in [6.45, 7) is 8.97. The molecule has 4 aromatic rings. The number of nitrogens with zero attached hydrogens (tertiary/aromatic N) is 2. The van der Waals surface area contributed by atoms with Gasteiger partial charge in [0.15, 0.2) is 16.6 Å². The highest BCUT2D eigenvalue weighted by molar-refractivity contribution is 7.22. The van der Waals surface area contributed by atoms with Crippen LogP contribution in [0.1, 0.15) is 68.3 Å². The van der Waals surface area contributed by atoms with E-state index in [1.165, 1.54) is 16.2 Å². The molecule has 228 valence electrons. The molecule has 2 aliphatic rings. The molecule has 0 aliphatic carbocycles. The number of hydrogen-bond acceptors (Lipinski definition) is 8. The molecule has 0 unspecified atom stereocenters. The van der Waals surface area contributed by atoms with Gasteiger partial charge in [0.1, 0.15) is 17.6 Å². The zero-order chi connectivity index (χ0) is 31.0. The van der Waals surface area contributed by atoms with Gasteiger partial charge in [-0.2, -0.15) is 0 Å². The first kappa shape index (κ1) is 29.7. The maximum atomic E-state index is 13.8. The first-order chi connectivity index (χ1) is 21.3. The van der Waals surface area contributed by atoms with Crippen LogP contribution in [-0.4, -0.2) is 41.1 Å². The quantitative estimate of drug-likeness (QED) is 0.0856. The molecule has 2 atom stereocenters. The first-order valence-electron chi connectivity index (χ1n) is 15.2. The van der Waals surface area contributed by atoms with E-state index in [-0.39, 0.29) is 17.4 Å². The fourth-order valence-corrected chi connectivity index (χ4v) is 6.90. The fourth-order valence-electron chi connectivity index (χ4n) is 5.81. The molecule has 0 saturated carbocycles. The predicted molar refractivity (Wildman–Crippen MR) is 172 cm³/mol. The van der Waals surface area contributed by atoms with Crippen molar-refractivity contribution in [3.63, 3.8) is 0 Å². The Morgan fingerprint density at radius 2 is 1.89 bits per heavy atom. The average molecular weight is 613 g/mol. The Hall–Kier alpha value is -4.37. The van der Waals surface area contributed by atoms with Crippen LogP contribution in [-0.2, 0) is 16.0 Å². The van der Waals surface area contributed by atoms with Crippen molar-refractivity contribution < 1.29 is 28.9 Å². The molecule has 1 amide bonds. The molecular weight excluding hydrogens is 576 g/mol. The number of carbonyl (C=O) groups is 2. The summed E-state index contributed by atoms with van der Waals surface area (Å²) in [6, 6.07) is 15.7. The van der Waals surface area contributed by atoms with Crippen molar-refractivity contribution in [1.82, 2.24) is 4.98 Å². The van der Waals surface area contributed by atoms with Crippen molar-refractivity contribution >= 4 is 44.1 Å². The minimum Gasteiger partial charge on any atom is -0.507 e. The second-order valence-electron chi connectivity index (χ2n) is 11.3. The smallest absolute Gasteiger partial charge is 0.301 e. The van der Waals surface area contributed by atoms with E-state index in [9.17, 15) is 14.7 Å². The lowest BCUT2D eigenvalue weighted by atomic mass is 9.94. The van der Waals surface area contributed by atoms with E-state index in [4.69, 9.17) is 19.2 Å². The number of hydrogen-bond donors (Lipinski definition) is 1. The van der Waals surface area contributed by atoms with Crippen molar-refractivity contribution in [2.45, 2.75) is 65.5 Å². The average Bonchev–Trinajstić information content (AvgIpc) is 3.67. The van der Waals surface area contributed by atoms with Crippen LogP contribution in [0.25, 0.3) is 16.0 Å². The minimum absolute atomic E-state index is 0.00332. The Morgan fingerprint density at radius 1 is 1.05 bits per heavy atom. The van der Waals surface area contributed by atoms with E-state index < -0.39 is 17.7 Å². The number of ether oxygens (including phenoxy) is 3. The lowest BCUT2D eigenvalue weighted by Crippen LogP contribution is -2.29. The molecule has 6 rings (SSSR count). The van der Waals surface area contributed by atoms with Crippen molar-refractivity contribution in [3.8, 4) is 17.2 Å². The number of aromatic nitrogens is 1. The van der Waals surface area contributed by atoms with E-state index in [2.05, 4.69) is 6.92 Å². The molecule has 2 aliphatic heterocycles. The number of aliphatic hydroxyl groups excluding tert-OH is 1. The standard InChI is InChI=1S/C35H36N2O6S/c1-5-7-8-15-42-27-14-10-22(19-28(27)41-6-2)31-30(32(38)23-11-13-26-24(18-23)17-21(4)43-26)33(39)34(40)37(31)35-36-25-12-9-20(3)16-29(25)44-35/h9-14,16,18-19,21,31,38H,5-8,15,17H2,1-4H3/b32-30+/t21-,31+/m0/s1. The summed E-state index contributed by atoms with van der Waals surface area (Å²) in [5.41, 5.74) is 3.79. The van der Waals surface area contributed by atoms with E-state index in [0.717, 1.165) is 46.4 Å². The fraction of sp³-hybridized carbons (Fsp3) is 0.343. The van der Waals surface area contributed by atoms with Gasteiger partial charge in [-0.1, -0.05) is 43.2 Å². The number of carbonyl (C=O) groups excluding carboxylic acids is 2. The molecule has 1 saturated heterocycles. The van der Waals surface area contributed by atoms with Crippen LogP contribution in [0, 0.1) is 6.92 Å². The zero-order valence-electron chi connectivity index (χ0n) is 25.4. The highest BCUT2D eigenvalue weighted by Crippen LogP contribution is 2.46. The first-order valence-corrected chi connectivity index (χ1v) is 16.0. The molecule has 0 bridgehead atoms. The number of unbranched alkanes of at least 4 members (excludes halogenated alkanes) is 2. The number of amides is 1. The second-order valence-corrected chi connectivity index (χ2v) is 12.3. The normalized spacial score (nSPS) is 19.0. The molecule has 0 spiro atoms. The number of rotatable bonds is 10. The molecule has 0 radical (unpaired) electrons. The Balaban J connectivity index is 1.49. The summed E-state index contributed by atoms with van der Waals surface area (Å²) < 4.78 is 18.8. The van der Waals surface area contributed by atoms with Gasteiger partial charge in [-0.25, -0.2) is 4.98 Å². The zero-order valence-corrected chi connectivity index (χ0v) is 26.2. The molecule has 3 heterocycles. The maximum Gasteiger partial charge on any atom is 0.301 e. The summed E-state index contributed by atoms with van der Waals surface area (Å²) >= 11 is 1.34.